The Morgan fingerprint density at radius 3 is 2.39 bits per heavy atom. The number of anilines is 2. The topological polar surface area (TPSA) is 125 Å². The molecule has 0 radical (unpaired) electrons. The third-order valence-electron chi connectivity index (χ3n) is 4.94. The van der Waals surface area contributed by atoms with Gasteiger partial charge in [-0.25, -0.2) is 22.8 Å². The zero-order valence-corrected chi connectivity index (χ0v) is 21.7. The second-order valence-electron chi connectivity index (χ2n) is 7.69. The highest BCUT2D eigenvalue weighted by Gasteiger charge is 2.16. The maximum Gasteiger partial charge on any atom is 0.264 e. The van der Waals surface area contributed by atoms with Crippen LogP contribution >= 0.6 is 23.2 Å². The molecule has 0 aliphatic carbocycles. The molecular formula is C25H19Cl2FN6O3S. The molecule has 2 aromatic heterocycles. The summed E-state index contributed by atoms with van der Waals surface area (Å²) < 4.78 is 41.9. The smallest absolute Gasteiger partial charge is 0.264 e. The Kier molecular flexibility index (Phi) is 8.52. The third-order valence-corrected chi connectivity index (χ3v) is 6.77. The molecular weight excluding hydrogens is 554 g/mol. The summed E-state index contributed by atoms with van der Waals surface area (Å²) in [6, 6.07) is 17.8. The Labute approximate surface area is 227 Å². The largest absolute Gasteiger partial charge is 0.311 e. The fraction of sp³-hybridized carbons (Fsp3) is 0.0400. The van der Waals surface area contributed by atoms with Crippen molar-refractivity contribution in [2.75, 3.05) is 10.0 Å². The molecule has 3 N–H and O–H groups in total. The second kappa shape index (κ2) is 12.0. The van der Waals surface area contributed by atoms with Crippen molar-refractivity contribution in [2.24, 2.45) is 4.99 Å². The lowest BCUT2D eigenvalue weighted by molar-refractivity contribution is 0.0977. The molecule has 0 spiro atoms. The molecule has 0 atom stereocenters. The summed E-state index contributed by atoms with van der Waals surface area (Å²) >= 11 is 11.7. The van der Waals surface area contributed by atoms with Crippen molar-refractivity contribution in [3.8, 4) is 0 Å². The molecule has 2 heterocycles. The molecule has 0 bridgehead atoms. The van der Waals surface area contributed by atoms with Gasteiger partial charge in [0, 0.05) is 33.6 Å². The van der Waals surface area contributed by atoms with Crippen molar-refractivity contribution in [2.45, 2.75) is 11.4 Å². The van der Waals surface area contributed by atoms with Gasteiger partial charge in [-0.2, -0.15) is 0 Å². The number of sulfonamides is 1. The Morgan fingerprint density at radius 2 is 1.68 bits per heavy atom. The van der Waals surface area contributed by atoms with E-state index in [2.05, 4.69) is 30.3 Å². The Hall–Kier alpha value is -4.06. The molecule has 13 heteroatoms. The second-order valence-corrected chi connectivity index (χ2v) is 10.2. The molecule has 0 saturated heterocycles. The zero-order valence-electron chi connectivity index (χ0n) is 19.4. The van der Waals surface area contributed by atoms with Crippen LogP contribution in [0.15, 0.2) is 95.1 Å². The van der Waals surface area contributed by atoms with E-state index >= 15 is 0 Å². The van der Waals surface area contributed by atoms with Gasteiger partial charge in [0.15, 0.2) is 0 Å². The predicted octanol–water partition coefficient (Wildman–Crippen LogP) is 5.12. The number of nitrogens with one attached hydrogen (secondary N) is 3. The number of guanidine groups is 1. The average Bonchev–Trinajstić information content (AvgIpc) is 2.89. The summed E-state index contributed by atoms with van der Waals surface area (Å²) in [5, 5.41) is 6.16. The first-order chi connectivity index (χ1) is 18.2. The molecule has 1 amide bonds. The van der Waals surface area contributed by atoms with Gasteiger partial charge in [0.1, 0.15) is 22.3 Å². The van der Waals surface area contributed by atoms with Gasteiger partial charge in [-0.1, -0.05) is 35.3 Å². The van der Waals surface area contributed by atoms with Crippen molar-refractivity contribution in [1.82, 2.24) is 15.3 Å². The molecule has 0 aliphatic heterocycles. The highest BCUT2D eigenvalue weighted by Crippen LogP contribution is 2.17. The molecule has 194 valence electrons. The van der Waals surface area contributed by atoms with E-state index in [1.54, 1.807) is 18.2 Å². The predicted molar refractivity (Wildman–Crippen MR) is 144 cm³/mol. The van der Waals surface area contributed by atoms with Crippen LogP contribution in [-0.2, 0) is 16.6 Å². The van der Waals surface area contributed by atoms with E-state index in [1.807, 2.05) is 0 Å². The Bertz CT molecular complexity index is 1590. The molecule has 9 nitrogen and oxygen atoms in total. The first-order valence-corrected chi connectivity index (χ1v) is 13.2. The number of benzene rings is 2. The van der Waals surface area contributed by atoms with E-state index in [4.69, 9.17) is 23.2 Å². The molecule has 2 aromatic carbocycles. The van der Waals surface area contributed by atoms with Crippen molar-refractivity contribution >= 4 is 56.7 Å². The number of hydrogen-bond acceptors (Lipinski definition) is 6. The lowest BCUT2D eigenvalue weighted by Crippen LogP contribution is -2.36. The Balaban J connectivity index is 1.58. The van der Waals surface area contributed by atoms with Crippen molar-refractivity contribution in [3.05, 3.63) is 112 Å². The minimum atomic E-state index is -3.94. The van der Waals surface area contributed by atoms with Gasteiger partial charge in [0.05, 0.1) is 6.54 Å². The number of halogens is 3. The molecule has 4 rings (SSSR count). The first kappa shape index (κ1) is 27.0. The van der Waals surface area contributed by atoms with Crippen LogP contribution in [0.5, 0.6) is 0 Å². The van der Waals surface area contributed by atoms with E-state index in [0.29, 0.717) is 10.6 Å². The number of rotatable bonds is 7. The number of pyridine rings is 2. The lowest BCUT2D eigenvalue weighted by Gasteiger charge is -2.13. The average molecular weight is 573 g/mol. The first-order valence-electron chi connectivity index (χ1n) is 10.9. The van der Waals surface area contributed by atoms with Crippen molar-refractivity contribution in [1.29, 1.82) is 0 Å². The number of nitrogens with zero attached hydrogens (tertiary/aromatic N) is 3. The molecule has 4 aromatic rings. The monoisotopic (exact) mass is 572 g/mol. The van der Waals surface area contributed by atoms with Crippen LogP contribution in [0.3, 0.4) is 0 Å². The molecule has 0 fully saturated rings. The molecule has 38 heavy (non-hydrogen) atoms. The van der Waals surface area contributed by atoms with Crippen LogP contribution in [0.2, 0.25) is 10.0 Å². The summed E-state index contributed by atoms with van der Waals surface area (Å²) in [4.78, 5) is 25.1. The standard InChI is InChI=1S/C25H19Cl2FN6O3S/c26-18-9-6-16(7-10-18)24(35)33-25(30-14-17-8-11-19(27)13-21(17)28)32-22-4-1-5-23(31-22)34-38(36,37)20-3-2-12-29-15-20/h1-13,15H,14H2,(H3,30,31,32,33,34,35). The molecule has 0 saturated carbocycles. The van der Waals surface area contributed by atoms with E-state index < -0.39 is 21.7 Å². The maximum atomic E-state index is 14.3. The third kappa shape index (κ3) is 7.25. The summed E-state index contributed by atoms with van der Waals surface area (Å²) in [5.41, 5.74) is 0.535. The van der Waals surface area contributed by atoms with Gasteiger partial charge in [-0.05, 0) is 60.7 Å². The fourth-order valence-electron chi connectivity index (χ4n) is 3.09. The van der Waals surface area contributed by atoms with Crippen molar-refractivity contribution < 1.29 is 17.6 Å². The number of aromatic nitrogens is 2. The summed E-state index contributed by atoms with van der Waals surface area (Å²) in [6.07, 6.45) is 2.66. The van der Waals surface area contributed by atoms with Gasteiger partial charge >= 0.3 is 0 Å². The SMILES string of the molecule is O=C(NC(=NCc1ccc(Cl)cc1F)Nc1cccc(NS(=O)(=O)c2cccnc2)n1)c1ccc(Cl)cc1. The summed E-state index contributed by atoms with van der Waals surface area (Å²) in [7, 11) is -3.94. The van der Waals surface area contributed by atoms with Gasteiger partial charge in [-0.15, -0.1) is 0 Å². The number of aliphatic imine (C=N–C) groups is 1. The van der Waals surface area contributed by atoms with Gasteiger partial charge in [0.25, 0.3) is 15.9 Å². The minimum absolute atomic E-state index is 0.00553. The van der Waals surface area contributed by atoms with Crippen LogP contribution in [0.1, 0.15) is 15.9 Å². The quantitative estimate of drug-likeness (QED) is 0.208. The maximum absolute atomic E-state index is 14.3. The fourth-order valence-corrected chi connectivity index (χ4v) is 4.34. The van der Waals surface area contributed by atoms with Crippen LogP contribution < -0.4 is 15.4 Å². The number of hydrogen-bond donors (Lipinski definition) is 3. The van der Waals surface area contributed by atoms with Crippen LogP contribution in [0.25, 0.3) is 0 Å². The number of carbonyl (C=O) groups excluding carboxylic acids is 1. The minimum Gasteiger partial charge on any atom is -0.311 e. The van der Waals surface area contributed by atoms with E-state index in [-0.39, 0.29) is 39.6 Å². The molecule has 0 aliphatic rings. The van der Waals surface area contributed by atoms with Gasteiger partial charge in [0.2, 0.25) is 5.96 Å². The highest BCUT2D eigenvalue weighted by molar-refractivity contribution is 7.92. The summed E-state index contributed by atoms with van der Waals surface area (Å²) in [6.45, 7) is -0.139. The van der Waals surface area contributed by atoms with Gasteiger partial charge in [-0.3, -0.25) is 19.8 Å². The number of carbonyl (C=O) groups is 1. The number of amides is 1. The molecule has 0 unspecified atom stereocenters. The van der Waals surface area contributed by atoms with E-state index in [1.165, 1.54) is 60.9 Å². The van der Waals surface area contributed by atoms with Crippen molar-refractivity contribution in [3.63, 3.8) is 0 Å². The van der Waals surface area contributed by atoms with Crippen LogP contribution in [-0.4, -0.2) is 30.3 Å². The zero-order chi connectivity index (χ0) is 27.1. The van der Waals surface area contributed by atoms with E-state index in [0.717, 1.165) is 6.07 Å². The lowest BCUT2D eigenvalue weighted by atomic mass is 10.2. The highest BCUT2D eigenvalue weighted by atomic mass is 35.5. The summed E-state index contributed by atoms with van der Waals surface area (Å²) in [5.74, 6) is -0.972. The van der Waals surface area contributed by atoms with Crippen LogP contribution in [0.4, 0.5) is 16.0 Å². The normalized spacial score (nSPS) is 11.6. The van der Waals surface area contributed by atoms with Gasteiger partial charge < -0.3 is 5.32 Å². The Morgan fingerprint density at radius 1 is 0.947 bits per heavy atom. The van der Waals surface area contributed by atoms with Crippen LogP contribution in [0, 0.1) is 5.82 Å². The van der Waals surface area contributed by atoms with E-state index in [9.17, 15) is 17.6 Å².